The summed E-state index contributed by atoms with van der Waals surface area (Å²) >= 11 is 6.14. The minimum absolute atomic E-state index is 0.000168. The third kappa shape index (κ3) is 3.26. The molecule has 2 heterocycles. The van der Waals surface area contributed by atoms with E-state index in [0.29, 0.717) is 50.0 Å². The molecule has 2 aromatic rings. The van der Waals surface area contributed by atoms with E-state index in [1.54, 1.807) is 11.8 Å². The summed E-state index contributed by atoms with van der Waals surface area (Å²) in [5, 5.41) is 1.67. The molecule has 1 aromatic carbocycles. The molecule has 1 saturated heterocycles. The van der Waals surface area contributed by atoms with Crippen LogP contribution in [0.2, 0.25) is 5.02 Å². The first kappa shape index (κ1) is 18.6. The summed E-state index contributed by atoms with van der Waals surface area (Å²) in [4.78, 5) is 28.5. The summed E-state index contributed by atoms with van der Waals surface area (Å²) in [5.41, 5.74) is 2.67. The molecule has 140 valence electrons. The zero-order valence-electron chi connectivity index (χ0n) is 15.4. The monoisotopic (exact) mass is 377 g/mol. The molecule has 0 N–H and O–H groups in total. The summed E-state index contributed by atoms with van der Waals surface area (Å²) in [6, 6.07) is 5.72. The van der Waals surface area contributed by atoms with E-state index < -0.39 is 0 Å². The largest absolute Gasteiger partial charge is 0.450 e. The smallest absolute Gasteiger partial charge is 0.409 e. The zero-order valence-corrected chi connectivity index (χ0v) is 16.2. The molecule has 0 spiro atoms. The Hall–Kier alpha value is -2.21. The lowest BCUT2D eigenvalue weighted by Crippen LogP contribution is -2.51. The van der Waals surface area contributed by atoms with Crippen LogP contribution in [0.3, 0.4) is 0 Å². The Balaban J connectivity index is 1.85. The Morgan fingerprint density at radius 1 is 1.12 bits per heavy atom. The molecule has 1 aliphatic heterocycles. The predicted octanol–water partition coefficient (Wildman–Crippen LogP) is 3.54. The molecule has 2 amide bonds. The van der Waals surface area contributed by atoms with E-state index in [0.717, 1.165) is 16.5 Å². The number of halogens is 1. The van der Waals surface area contributed by atoms with Crippen LogP contribution in [0.1, 0.15) is 29.9 Å². The number of nitrogens with zero attached hydrogens (tertiary/aromatic N) is 3. The second-order valence-corrected chi connectivity index (χ2v) is 6.79. The van der Waals surface area contributed by atoms with E-state index in [2.05, 4.69) is 0 Å². The summed E-state index contributed by atoms with van der Waals surface area (Å²) in [6.07, 6.45) is -0.312. The molecule has 3 rings (SSSR count). The van der Waals surface area contributed by atoms with Crippen molar-refractivity contribution in [3.63, 3.8) is 0 Å². The Labute approximate surface area is 158 Å². The molecule has 0 aliphatic carbocycles. The van der Waals surface area contributed by atoms with Crippen LogP contribution in [-0.2, 0) is 11.3 Å². The second kappa shape index (κ2) is 7.58. The van der Waals surface area contributed by atoms with E-state index in [-0.39, 0.29) is 12.0 Å². The number of amides is 2. The Kier molecular flexibility index (Phi) is 5.41. The fourth-order valence-corrected chi connectivity index (χ4v) is 3.73. The van der Waals surface area contributed by atoms with Crippen LogP contribution >= 0.6 is 11.6 Å². The molecule has 1 fully saturated rings. The molecular formula is C19H24ClN3O3. The maximum atomic E-state index is 13.2. The highest BCUT2D eigenvalue weighted by Crippen LogP contribution is 2.29. The van der Waals surface area contributed by atoms with Gasteiger partial charge in [-0.15, -0.1) is 0 Å². The summed E-state index contributed by atoms with van der Waals surface area (Å²) in [6.45, 7) is 8.83. The number of carbonyl (C=O) groups is 2. The number of hydrogen-bond acceptors (Lipinski definition) is 3. The number of fused-ring (bicyclic) bond motifs is 1. The van der Waals surface area contributed by atoms with Crippen LogP contribution in [0, 0.1) is 6.92 Å². The quantitative estimate of drug-likeness (QED) is 0.822. The predicted molar refractivity (Wildman–Crippen MR) is 102 cm³/mol. The number of aryl methyl sites for hydroxylation is 2. The summed E-state index contributed by atoms with van der Waals surface area (Å²) in [7, 11) is 0. The molecule has 6 nitrogen and oxygen atoms in total. The Morgan fingerprint density at radius 3 is 2.38 bits per heavy atom. The Bertz CT molecular complexity index is 838. The van der Waals surface area contributed by atoms with E-state index >= 15 is 0 Å². The van der Waals surface area contributed by atoms with Crippen molar-refractivity contribution in [2.75, 3.05) is 32.8 Å². The van der Waals surface area contributed by atoms with Crippen LogP contribution in [0.4, 0.5) is 4.79 Å². The Morgan fingerprint density at radius 2 is 1.77 bits per heavy atom. The van der Waals surface area contributed by atoms with Gasteiger partial charge in [0.1, 0.15) is 5.69 Å². The fourth-order valence-electron chi connectivity index (χ4n) is 3.56. The fraction of sp³-hybridized carbons (Fsp3) is 0.474. The highest BCUT2D eigenvalue weighted by Gasteiger charge is 2.29. The lowest BCUT2D eigenvalue weighted by molar-refractivity contribution is 0.0562. The van der Waals surface area contributed by atoms with Crippen molar-refractivity contribution in [3.8, 4) is 0 Å². The SMILES string of the molecule is CCOC(=O)N1CCN(C(=O)c2c(C)c3cc(Cl)ccc3n2CC)CC1. The minimum Gasteiger partial charge on any atom is -0.450 e. The van der Waals surface area contributed by atoms with Gasteiger partial charge in [-0.25, -0.2) is 4.79 Å². The van der Waals surface area contributed by atoms with Gasteiger partial charge >= 0.3 is 6.09 Å². The highest BCUT2D eigenvalue weighted by molar-refractivity contribution is 6.31. The van der Waals surface area contributed by atoms with Gasteiger partial charge in [0.25, 0.3) is 5.91 Å². The van der Waals surface area contributed by atoms with Crippen molar-refractivity contribution in [2.24, 2.45) is 0 Å². The second-order valence-electron chi connectivity index (χ2n) is 6.36. The van der Waals surface area contributed by atoms with Crippen LogP contribution in [0.25, 0.3) is 10.9 Å². The van der Waals surface area contributed by atoms with Gasteiger partial charge in [-0.1, -0.05) is 11.6 Å². The van der Waals surface area contributed by atoms with Crippen molar-refractivity contribution in [2.45, 2.75) is 27.3 Å². The van der Waals surface area contributed by atoms with Crippen LogP contribution < -0.4 is 0 Å². The lowest BCUT2D eigenvalue weighted by Gasteiger charge is -2.34. The molecule has 1 aliphatic rings. The van der Waals surface area contributed by atoms with Crippen molar-refractivity contribution >= 4 is 34.5 Å². The maximum absolute atomic E-state index is 13.2. The first-order valence-corrected chi connectivity index (χ1v) is 9.35. The summed E-state index contributed by atoms with van der Waals surface area (Å²) in [5.74, 6) is 0.000168. The number of aromatic nitrogens is 1. The van der Waals surface area contributed by atoms with Gasteiger partial charge in [0.05, 0.1) is 6.61 Å². The van der Waals surface area contributed by atoms with E-state index in [9.17, 15) is 9.59 Å². The first-order valence-electron chi connectivity index (χ1n) is 8.97. The molecule has 0 saturated carbocycles. The molecule has 1 aromatic heterocycles. The molecule has 0 bridgehead atoms. The number of carbonyl (C=O) groups excluding carboxylic acids is 2. The first-order chi connectivity index (χ1) is 12.5. The highest BCUT2D eigenvalue weighted by atomic mass is 35.5. The summed E-state index contributed by atoms with van der Waals surface area (Å²) < 4.78 is 7.08. The van der Waals surface area contributed by atoms with Crippen molar-refractivity contribution < 1.29 is 14.3 Å². The topological polar surface area (TPSA) is 54.8 Å². The van der Waals surface area contributed by atoms with Crippen LogP contribution in [0.5, 0.6) is 0 Å². The molecule has 0 radical (unpaired) electrons. The van der Waals surface area contributed by atoms with E-state index in [1.165, 1.54) is 0 Å². The van der Waals surface area contributed by atoms with Gasteiger partial charge in [-0.05, 0) is 44.5 Å². The molecule has 0 unspecified atom stereocenters. The van der Waals surface area contributed by atoms with Gasteiger partial charge in [-0.2, -0.15) is 0 Å². The molecule has 0 atom stereocenters. The van der Waals surface area contributed by atoms with Gasteiger partial charge in [0, 0.05) is 48.6 Å². The third-order valence-electron chi connectivity index (χ3n) is 4.89. The number of rotatable bonds is 3. The van der Waals surface area contributed by atoms with Gasteiger partial charge in [0.15, 0.2) is 0 Å². The van der Waals surface area contributed by atoms with Crippen LogP contribution in [0.15, 0.2) is 18.2 Å². The third-order valence-corrected chi connectivity index (χ3v) is 5.13. The number of hydrogen-bond donors (Lipinski definition) is 0. The maximum Gasteiger partial charge on any atom is 0.409 e. The number of piperazine rings is 1. The van der Waals surface area contributed by atoms with Crippen molar-refractivity contribution in [1.82, 2.24) is 14.4 Å². The molecule has 7 heteroatoms. The van der Waals surface area contributed by atoms with Crippen molar-refractivity contribution in [3.05, 3.63) is 34.5 Å². The molecule has 26 heavy (non-hydrogen) atoms. The van der Waals surface area contributed by atoms with E-state index in [4.69, 9.17) is 16.3 Å². The lowest BCUT2D eigenvalue weighted by atomic mass is 10.1. The van der Waals surface area contributed by atoms with Crippen LogP contribution in [-0.4, -0.2) is 59.2 Å². The number of ether oxygens (including phenoxy) is 1. The van der Waals surface area contributed by atoms with Gasteiger partial charge < -0.3 is 19.1 Å². The van der Waals surface area contributed by atoms with Gasteiger partial charge in [-0.3, -0.25) is 4.79 Å². The normalized spacial score (nSPS) is 14.8. The average molecular weight is 378 g/mol. The van der Waals surface area contributed by atoms with E-state index in [1.807, 2.05) is 41.5 Å². The van der Waals surface area contributed by atoms with Crippen molar-refractivity contribution in [1.29, 1.82) is 0 Å². The standard InChI is InChI=1S/C19H24ClN3O3/c1-4-23-16-7-6-14(20)12-15(16)13(3)17(23)18(24)21-8-10-22(11-9-21)19(25)26-5-2/h6-7,12H,4-5,8-11H2,1-3H3. The van der Waals surface area contributed by atoms with Gasteiger partial charge in [0.2, 0.25) is 0 Å². The zero-order chi connectivity index (χ0) is 18.8. The average Bonchev–Trinajstić information content (AvgIpc) is 2.93. The molecular weight excluding hydrogens is 354 g/mol. The minimum atomic E-state index is -0.312. The number of benzene rings is 1.